The predicted molar refractivity (Wildman–Crippen MR) is 74.7 cm³/mol. The van der Waals surface area contributed by atoms with Crippen molar-refractivity contribution in [3.63, 3.8) is 0 Å². The normalized spacial score (nSPS) is 20.0. The Labute approximate surface area is 129 Å². The second kappa shape index (κ2) is 6.86. The van der Waals surface area contributed by atoms with Crippen molar-refractivity contribution >= 4 is 23.4 Å². The van der Waals surface area contributed by atoms with Crippen LogP contribution in [0.1, 0.15) is 12.8 Å². The molecule has 5 nitrogen and oxygen atoms in total. The van der Waals surface area contributed by atoms with E-state index in [1.165, 1.54) is 0 Å². The second-order valence-electron chi connectivity index (χ2n) is 4.81. The number of alkyl halides is 3. The van der Waals surface area contributed by atoms with Gasteiger partial charge in [0.15, 0.2) is 0 Å². The molecule has 1 aromatic carbocycles. The zero-order valence-electron chi connectivity index (χ0n) is 11.4. The number of aliphatic hydroxyl groups excluding tert-OH is 1. The van der Waals surface area contributed by atoms with Gasteiger partial charge in [-0.3, -0.25) is 4.79 Å². The van der Waals surface area contributed by atoms with Crippen molar-refractivity contribution in [3.8, 4) is 0 Å². The summed E-state index contributed by atoms with van der Waals surface area (Å²) in [7, 11) is 0. The van der Waals surface area contributed by atoms with Gasteiger partial charge in [0.1, 0.15) is 6.23 Å². The molecule has 3 N–H and O–H groups in total. The summed E-state index contributed by atoms with van der Waals surface area (Å²) < 4.78 is 37.3. The molecule has 0 saturated heterocycles. The number of halogens is 3. The Bertz CT molecular complexity index is 542. The topological polar surface area (TPSA) is 72.8 Å². The number of para-hydroxylation sites is 1. The molecule has 0 spiro atoms. The number of nitrogens with zero attached hydrogens (tertiary/aromatic N) is 1. The minimum Gasteiger partial charge on any atom is -0.376 e. The minimum atomic E-state index is -4.36. The number of nitrogens with one attached hydrogen (secondary N) is 1. The van der Waals surface area contributed by atoms with Gasteiger partial charge < -0.3 is 15.2 Å². The first-order chi connectivity index (χ1) is 10.3. The number of fused-ring (bicyclic) bond motifs is 1. The first-order valence-corrected chi connectivity index (χ1v) is 7.41. The Morgan fingerprint density at radius 2 is 2.05 bits per heavy atom. The van der Waals surface area contributed by atoms with Gasteiger partial charge in [0.25, 0.3) is 0 Å². The van der Waals surface area contributed by atoms with E-state index in [4.69, 9.17) is 5.21 Å². The Morgan fingerprint density at radius 3 is 2.68 bits per heavy atom. The van der Waals surface area contributed by atoms with Gasteiger partial charge in [0.2, 0.25) is 5.91 Å². The van der Waals surface area contributed by atoms with Crippen molar-refractivity contribution in [2.24, 2.45) is 0 Å². The zero-order chi connectivity index (χ0) is 16.3. The number of carbonyl (C=O) groups is 1. The average molecular weight is 336 g/mol. The second-order valence-corrected chi connectivity index (χ2v) is 6.05. The number of rotatable bonds is 5. The molecule has 2 atom stereocenters. The van der Waals surface area contributed by atoms with Crippen LogP contribution in [0.2, 0.25) is 0 Å². The van der Waals surface area contributed by atoms with Gasteiger partial charge in [-0.05, 0) is 12.1 Å². The number of hydrogen-bond acceptors (Lipinski definition) is 5. The standard InChI is InChI=1S/C13H15F3N2O3S/c14-13(15,16)5-6-18-8-3-1-2-4-9(8)22-10(12(18)20)7-11(19)17-21/h1-4,10-11,17,19,21H,5-7H2. The van der Waals surface area contributed by atoms with Crippen molar-refractivity contribution < 1.29 is 28.3 Å². The third-order valence-electron chi connectivity index (χ3n) is 3.17. The first kappa shape index (κ1) is 17.1. The van der Waals surface area contributed by atoms with Crippen molar-refractivity contribution in [3.05, 3.63) is 24.3 Å². The molecule has 0 saturated carbocycles. The van der Waals surface area contributed by atoms with Gasteiger partial charge in [-0.25, -0.2) is 0 Å². The molecule has 1 amide bonds. The van der Waals surface area contributed by atoms with Gasteiger partial charge in [-0.2, -0.15) is 18.7 Å². The summed E-state index contributed by atoms with van der Waals surface area (Å²) in [4.78, 5) is 14.1. The van der Waals surface area contributed by atoms with E-state index in [9.17, 15) is 23.1 Å². The molecule has 1 aromatic rings. The summed E-state index contributed by atoms with van der Waals surface area (Å²) in [5.74, 6) is -0.512. The lowest BCUT2D eigenvalue weighted by Gasteiger charge is -2.34. The molecule has 9 heteroatoms. The molecule has 2 unspecified atom stereocenters. The molecule has 1 heterocycles. The number of hydroxylamine groups is 1. The molecule has 0 fully saturated rings. The van der Waals surface area contributed by atoms with Crippen LogP contribution in [0.25, 0.3) is 0 Å². The van der Waals surface area contributed by atoms with Crippen LogP contribution in [0.3, 0.4) is 0 Å². The lowest BCUT2D eigenvalue weighted by molar-refractivity contribution is -0.133. The van der Waals surface area contributed by atoms with E-state index in [0.717, 1.165) is 16.7 Å². The van der Waals surface area contributed by atoms with Gasteiger partial charge in [0, 0.05) is 17.9 Å². The van der Waals surface area contributed by atoms with Crippen molar-refractivity contribution in [1.29, 1.82) is 0 Å². The number of hydrogen-bond donors (Lipinski definition) is 3. The summed E-state index contributed by atoms with van der Waals surface area (Å²) in [6.07, 6.45) is -6.90. The summed E-state index contributed by atoms with van der Waals surface area (Å²) in [5.41, 5.74) is 2.05. The SMILES string of the molecule is O=C1C(CC(O)NO)Sc2ccccc2N1CCC(F)(F)F. The maximum atomic E-state index is 12.4. The van der Waals surface area contributed by atoms with E-state index in [0.29, 0.717) is 10.6 Å². The number of carbonyl (C=O) groups excluding carboxylic acids is 1. The number of benzene rings is 1. The predicted octanol–water partition coefficient (Wildman–Crippen LogP) is 2.13. The molecular formula is C13H15F3N2O3S. The van der Waals surface area contributed by atoms with Crippen LogP contribution in [0, 0.1) is 0 Å². The van der Waals surface area contributed by atoms with E-state index >= 15 is 0 Å². The molecule has 1 aliphatic heterocycles. The van der Waals surface area contributed by atoms with Gasteiger partial charge in [-0.15, -0.1) is 11.8 Å². The molecule has 0 radical (unpaired) electrons. The molecule has 2 rings (SSSR count). The number of aliphatic hydroxyl groups is 1. The van der Waals surface area contributed by atoms with Crippen LogP contribution in [0.15, 0.2) is 29.2 Å². The monoisotopic (exact) mass is 336 g/mol. The van der Waals surface area contributed by atoms with Crippen molar-refractivity contribution in [2.45, 2.75) is 35.4 Å². The van der Waals surface area contributed by atoms with Crippen LogP contribution < -0.4 is 10.4 Å². The highest BCUT2D eigenvalue weighted by molar-refractivity contribution is 8.01. The Morgan fingerprint density at radius 1 is 1.36 bits per heavy atom. The summed E-state index contributed by atoms with van der Waals surface area (Å²) in [6, 6.07) is 6.67. The highest BCUT2D eigenvalue weighted by atomic mass is 32.2. The molecule has 0 bridgehead atoms. The summed E-state index contributed by atoms with van der Waals surface area (Å²) >= 11 is 1.16. The van der Waals surface area contributed by atoms with E-state index in [-0.39, 0.29) is 6.42 Å². The van der Waals surface area contributed by atoms with E-state index in [1.807, 2.05) is 0 Å². The van der Waals surface area contributed by atoms with Crippen LogP contribution >= 0.6 is 11.8 Å². The zero-order valence-corrected chi connectivity index (χ0v) is 12.2. The van der Waals surface area contributed by atoms with Crippen LogP contribution in [0.4, 0.5) is 18.9 Å². The summed E-state index contributed by atoms with van der Waals surface area (Å²) in [6.45, 7) is -0.473. The third kappa shape index (κ3) is 4.13. The van der Waals surface area contributed by atoms with Crippen LogP contribution in [-0.2, 0) is 4.79 Å². The fourth-order valence-corrected chi connectivity index (χ4v) is 3.42. The molecule has 0 aliphatic carbocycles. The molecular weight excluding hydrogens is 321 g/mol. The maximum absolute atomic E-state index is 12.4. The van der Waals surface area contributed by atoms with Crippen molar-refractivity contribution in [1.82, 2.24) is 5.48 Å². The fourth-order valence-electron chi connectivity index (χ4n) is 2.15. The van der Waals surface area contributed by atoms with E-state index in [2.05, 4.69) is 0 Å². The van der Waals surface area contributed by atoms with Gasteiger partial charge in [-0.1, -0.05) is 12.1 Å². The van der Waals surface area contributed by atoms with E-state index < -0.39 is 36.5 Å². The van der Waals surface area contributed by atoms with Gasteiger partial charge >= 0.3 is 6.18 Å². The highest BCUT2D eigenvalue weighted by Gasteiger charge is 2.37. The Balaban J connectivity index is 2.23. The molecule has 1 aliphatic rings. The lowest BCUT2D eigenvalue weighted by atomic mass is 10.2. The smallest absolute Gasteiger partial charge is 0.376 e. The van der Waals surface area contributed by atoms with Crippen LogP contribution in [0.5, 0.6) is 0 Å². The highest BCUT2D eigenvalue weighted by Crippen LogP contribution is 2.41. The summed E-state index contributed by atoms with van der Waals surface area (Å²) in [5, 5.41) is 17.3. The van der Waals surface area contributed by atoms with E-state index in [1.54, 1.807) is 29.7 Å². The maximum Gasteiger partial charge on any atom is 0.390 e. The fraction of sp³-hybridized carbons (Fsp3) is 0.462. The Hall–Kier alpha value is -1.29. The number of anilines is 1. The van der Waals surface area contributed by atoms with Gasteiger partial charge in [0.05, 0.1) is 17.4 Å². The first-order valence-electron chi connectivity index (χ1n) is 6.53. The number of amides is 1. The molecule has 122 valence electrons. The largest absolute Gasteiger partial charge is 0.390 e. The lowest BCUT2D eigenvalue weighted by Crippen LogP contribution is -2.45. The number of thioether (sulfide) groups is 1. The molecule has 22 heavy (non-hydrogen) atoms. The minimum absolute atomic E-state index is 0.114. The quantitative estimate of drug-likeness (QED) is 0.567. The Kier molecular flexibility index (Phi) is 5.32. The average Bonchev–Trinajstić information content (AvgIpc) is 2.46. The van der Waals surface area contributed by atoms with Crippen LogP contribution in [-0.4, -0.2) is 40.4 Å². The van der Waals surface area contributed by atoms with Crippen molar-refractivity contribution in [2.75, 3.05) is 11.4 Å². The third-order valence-corrected chi connectivity index (χ3v) is 4.45. The molecule has 0 aromatic heterocycles.